The van der Waals surface area contributed by atoms with Crippen molar-refractivity contribution in [1.82, 2.24) is 10.3 Å². The van der Waals surface area contributed by atoms with Crippen molar-refractivity contribution in [3.05, 3.63) is 23.4 Å². The number of alkyl halides is 2. The summed E-state index contributed by atoms with van der Waals surface area (Å²) in [4.78, 5) is 15.7. The highest BCUT2D eigenvalue weighted by molar-refractivity contribution is 5.68. The summed E-state index contributed by atoms with van der Waals surface area (Å²) in [7, 11) is 0. The predicted molar refractivity (Wildman–Crippen MR) is 88.0 cm³/mol. The highest BCUT2D eigenvalue weighted by Gasteiger charge is 2.41. The van der Waals surface area contributed by atoms with Gasteiger partial charge >= 0.3 is 6.09 Å². The lowest BCUT2D eigenvalue weighted by Crippen LogP contribution is -2.44. The van der Waals surface area contributed by atoms with Gasteiger partial charge in [-0.3, -0.25) is 5.32 Å². The van der Waals surface area contributed by atoms with Crippen molar-refractivity contribution in [2.75, 3.05) is 6.61 Å². The Bertz CT molecular complexity index is 636. The van der Waals surface area contributed by atoms with Gasteiger partial charge in [0.05, 0.1) is 5.92 Å². The van der Waals surface area contributed by atoms with Crippen LogP contribution in [0.5, 0.6) is 5.88 Å². The Morgan fingerprint density at radius 2 is 2.12 bits per heavy atom. The molecule has 0 saturated heterocycles. The number of hydrogen-bond donors (Lipinski definition) is 3. The standard InChI is InChI=1S/C17H24F2N2O5/c1-17(2,3)26-16(24)21-14(23)12-9-6-7-10(13(18)19)20-15(9)25-11(12)5-4-8-22/h6-7,11-14,22-23H,4-5,8H2,1-3H3,(H,21,24)/t11-,12-,14+/m0/s1. The third kappa shape index (κ3) is 5.01. The van der Waals surface area contributed by atoms with E-state index in [-0.39, 0.29) is 12.5 Å². The lowest BCUT2D eigenvalue weighted by molar-refractivity contribution is 0.0200. The number of rotatable bonds is 6. The molecule has 2 heterocycles. The summed E-state index contributed by atoms with van der Waals surface area (Å²) in [5.74, 6) is -0.718. The Morgan fingerprint density at radius 1 is 1.42 bits per heavy atom. The number of aliphatic hydroxyl groups is 2. The van der Waals surface area contributed by atoms with Gasteiger partial charge in [-0.05, 0) is 39.7 Å². The third-order valence-corrected chi connectivity index (χ3v) is 3.81. The lowest BCUT2D eigenvalue weighted by Gasteiger charge is -2.26. The first-order valence-electron chi connectivity index (χ1n) is 8.36. The van der Waals surface area contributed by atoms with E-state index in [1.807, 2.05) is 0 Å². The number of amides is 1. The molecule has 0 bridgehead atoms. The van der Waals surface area contributed by atoms with Crippen LogP contribution in [0.1, 0.15) is 57.2 Å². The summed E-state index contributed by atoms with van der Waals surface area (Å²) in [5.41, 5.74) is -0.751. The first kappa shape index (κ1) is 20.3. The highest BCUT2D eigenvalue weighted by atomic mass is 19.3. The zero-order chi connectivity index (χ0) is 19.5. The molecule has 0 fully saturated rings. The smallest absolute Gasteiger partial charge is 0.409 e. The molecular formula is C17H24F2N2O5. The number of halogens is 2. The van der Waals surface area contributed by atoms with Crippen molar-refractivity contribution in [1.29, 1.82) is 0 Å². The van der Waals surface area contributed by atoms with Gasteiger partial charge in [0.15, 0.2) is 0 Å². The molecule has 0 aromatic carbocycles. The largest absolute Gasteiger partial charge is 0.473 e. The molecule has 1 aliphatic heterocycles. The number of carbonyl (C=O) groups is 1. The van der Waals surface area contributed by atoms with E-state index in [4.69, 9.17) is 14.6 Å². The molecule has 0 saturated carbocycles. The molecule has 3 atom stereocenters. The molecule has 0 radical (unpaired) electrons. The number of alkyl carbamates (subject to hydrolysis) is 1. The number of fused-ring (bicyclic) bond motifs is 1. The minimum atomic E-state index is -2.75. The molecule has 146 valence electrons. The molecule has 2 rings (SSSR count). The van der Waals surface area contributed by atoms with Crippen LogP contribution in [0.15, 0.2) is 12.1 Å². The molecule has 0 spiro atoms. The quantitative estimate of drug-likeness (QED) is 0.662. The van der Waals surface area contributed by atoms with E-state index in [0.29, 0.717) is 18.4 Å². The molecule has 26 heavy (non-hydrogen) atoms. The Kier molecular flexibility index (Phi) is 6.35. The molecule has 1 amide bonds. The van der Waals surface area contributed by atoms with Gasteiger partial charge in [0.25, 0.3) is 6.43 Å². The Labute approximate surface area is 150 Å². The second-order valence-corrected chi connectivity index (χ2v) is 7.07. The number of ether oxygens (including phenoxy) is 2. The number of pyridine rings is 1. The summed E-state index contributed by atoms with van der Waals surface area (Å²) < 4.78 is 36.4. The average molecular weight is 374 g/mol. The van der Waals surface area contributed by atoms with Crippen molar-refractivity contribution >= 4 is 6.09 Å². The number of aromatic nitrogens is 1. The second-order valence-electron chi connectivity index (χ2n) is 7.07. The number of hydrogen-bond acceptors (Lipinski definition) is 6. The fourth-order valence-electron chi connectivity index (χ4n) is 2.77. The minimum Gasteiger partial charge on any atom is -0.473 e. The molecule has 1 aliphatic rings. The zero-order valence-corrected chi connectivity index (χ0v) is 14.9. The first-order chi connectivity index (χ1) is 12.1. The van der Waals surface area contributed by atoms with E-state index >= 15 is 0 Å². The Morgan fingerprint density at radius 3 is 2.69 bits per heavy atom. The van der Waals surface area contributed by atoms with E-state index in [1.165, 1.54) is 6.07 Å². The van der Waals surface area contributed by atoms with Gasteiger partial charge in [0, 0.05) is 12.2 Å². The van der Waals surface area contributed by atoms with Crippen LogP contribution in [0.3, 0.4) is 0 Å². The van der Waals surface area contributed by atoms with Gasteiger partial charge in [0.1, 0.15) is 23.6 Å². The number of nitrogens with one attached hydrogen (secondary N) is 1. The van der Waals surface area contributed by atoms with Crippen molar-refractivity contribution in [2.45, 2.75) is 63.9 Å². The predicted octanol–water partition coefficient (Wildman–Crippen LogP) is 2.48. The maximum Gasteiger partial charge on any atom is 0.409 e. The number of nitrogens with zero attached hydrogens (tertiary/aromatic N) is 1. The first-order valence-corrected chi connectivity index (χ1v) is 8.36. The van der Waals surface area contributed by atoms with Crippen LogP contribution in [0.25, 0.3) is 0 Å². The van der Waals surface area contributed by atoms with E-state index in [9.17, 15) is 18.7 Å². The molecule has 0 unspecified atom stereocenters. The fourth-order valence-corrected chi connectivity index (χ4v) is 2.77. The molecule has 9 heteroatoms. The normalized spacial score (nSPS) is 20.5. The Balaban J connectivity index is 2.21. The summed E-state index contributed by atoms with van der Waals surface area (Å²) in [6, 6.07) is 2.57. The molecule has 3 N–H and O–H groups in total. The van der Waals surface area contributed by atoms with Gasteiger partial charge in [0.2, 0.25) is 5.88 Å². The summed E-state index contributed by atoms with van der Waals surface area (Å²) in [6.45, 7) is 4.97. The zero-order valence-electron chi connectivity index (χ0n) is 14.9. The SMILES string of the molecule is CC(C)(C)OC(=O)N[C@H](O)[C@H]1c2ccc(C(F)F)nc2O[C@H]1CCCO. The van der Waals surface area contributed by atoms with E-state index in [1.54, 1.807) is 20.8 Å². The molecule has 1 aromatic rings. The molecule has 0 aliphatic carbocycles. The molecule has 1 aromatic heterocycles. The third-order valence-electron chi connectivity index (χ3n) is 3.81. The monoisotopic (exact) mass is 374 g/mol. The molecule has 7 nitrogen and oxygen atoms in total. The number of carbonyl (C=O) groups excluding carboxylic acids is 1. The number of aliphatic hydroxyl groups excluding tert-OH is 2. The highest BCUT2D eigenvalue weighted by Crippen LogP contribution is 2.41. The van der Waals surface area contributed by atoms with Gasteiger partial charge in [-0.25, -0.2) is 18.6 Å². The summed E-state index contributed by atoms with van der Waals surface area (Å²) in [6.07, 6.45) is -4.80. The lowest BCUT2D eigenvalue weighted by atomic mass is 9.92. The molecular weight excluding hydrogens is 350 g/mol. The topological polar surface area (TPSA) is 101 Å². The van der Waals surface area contributed by atoms with Crippen molar-refractivity contribution in [3.8, 4) is 5.88 Å². The van der Waals surface area contributed by atoms with Crippen LogP contribution >= 0.6 is 0 Å². The van der Waals surface area contributed by atoms with Crippen molar-refractivity contribution in [3.63, 3.8) is 0 Å². The van der Waals surface area contributed by atoms with Gasteiger partial charge in [-0.2, -0.15) is 0 Å². The van der Waals surface area contributed by atoms with E-state index in [2.05, 4.69) is 10.3 Å². The maximum absolute atomic E-state index is 12.8. The van der Waals surface area contributed by atoms with E-state index < -0.39 is 42.1 Å². The second kappa shape index (κ2) is 8.13. The van der Waals surface area contributed by atoms with Crippen LogP contribution in [0.2, 0.25) is 0 Å². The van der Waals surface area contributed by atoms with Crippen LogP contribution < -0.4 is 10.1 Å². The average Bonchev–Trinajstić information content (AvgIpc) is 2.88. The minimum absolute atomic E-state index is 0.000721. The van der Waals surface area contributed by atoms with Gasteiger partial charge in [-0.15, -0.1) is 0 Å². The van der Waals surface area contributed by atoms with Crippen LogP contribution in [-0.2, 0) is 4.74 Å². The summed E-state index contributed by atoms with van der Waals surface area (Å²) in [5, 5.41) is 21.9. The van der Waals surface area contributed by atoms with Crippen LogP contribution in [0.4, 0.5) is 13.6 Å². The van der Waals surface area contributed by atoms with Gasteiger partial charge < -0.3 is 19.7 Å². The maximum atomic E-state index is 12.8. The fraction of sp³-hybridized carbons (Fsp3) is 0.647. The van der Waals surface area contributed by atoms with E-state index in [0.717, 1.165) is 6.07 Å². The van der Waals surface area contributed by atoms with Crippen LogP contribution in [0, 0.1) is 0 Å². The van der Waals surface area contributed by atoms with Gasteiger partial charge in [-0.1, -0.05) is 6.07 Å². The Hall–Kier alpha value is -2.00. The van der Waals surface area contributed by atoms with Crippen molar-refractivity contribution < 1.29 is 33.3 Å². The van der Waals surface area contributed by atoms with Crippen molar-refractivity contribution in [2.24, 2.45) is 0 Å². The van der Waals surface area contributed by atoms with Crippen LogP contribution in [-0.4, -0.2) is 45.8 Å². The summed E-state index contributed by atoms with van der Waals surface area (Å²) >= 11 is 0.